The van der Waals surface area contributed by atoms with Crippen molar-refractivity contribution in [1.29, 1.82) is 0 Å². The Kier molecular flexibility index (Phi) is 5.43. The molecule has 6 nitrogen and oxygen atoms in total. The minimum atomic E-state index is -0.224. The summed E-state index contributed by atoms with van der Waals surface area (Å²) in [7, 11) is 0. The van der Waals surface area contributed by atoms with E-state index in [1.807, 2.05) is 23.1 Å². The number of hydrogen-bond donors (Lipinski definition) is 1. The van der Waals surface area contributed by atoms with E-state index in [1.165, 1.54) is 17.0 Å². The highest BCUT2D eigenvalue weighted by Crippen LogP contribution is 2.15. The summed E-state index contributed by atoms with van der Waals surface area (Å²) in [6, 6.07) is 10.2. The normalized spacial score (nSPS) is 14.5. The molecule has 1 aromatic heterocycles. The molecule has 3 rings (SSSR count). The molecule has 0 atom stereocenters. The van der Waals surface area contributed by atoms with Crippen molar-refractivity contribution in [2.75, 3.05) is 37.6 Å². The summed E-state index contributed by atoms with van der Waals surface area (Å²) in [5.74, 6) is -0.140. The molecular weight excluding hydrogens is 324 g/mol. The van der Waals surface area contributed by atoms with E-state index >= 15 is 0 Å². The van der Waals surface area contributed by atoms with Crippen molar-refractivity contribution in [3.63, 3.8) is 0 Å². The van der Waals surface area contributed by atoms with Gasteiger partial charge in [-0.1, -0.05) is 18.2 Å². The van der Waals surface area contributed by atoms with E-state index in [1.54, 1.807) is 10.9 Å². The molecule has 1 aromatic carbocycles. The number of para-hydroxylation sites is 1. The first-order chi connectivity index (χ1) is 11.7. The Morgan fingerprint density at radius 2 is 1.88 bits per heavy atom. The van der Waals surface area contributed by atoms with Gasteiger partial charge in [-0.2, -0.15) is 0 Å². The van der Waals surface area contributed by atoms with Crippen LogP contribution < -0.4 is 10.2 Å². The SMILES string of the molecule is O=C(NCCC(=O)N1CCN(c2ccccc2)CC1)c1cscn1. The molecule has 0 spiro atoms. The molecule has 1 aliphatic heterocycles. The smallest absolute Gasteiger partial charge is 0.270 e. The van der Waals surface area contributed by atoms with E-state index in [4.69, 9.17) is 0 Å². The number of nitrogens with zero attached hydrogens (tertiary/aromatic N) is 3. The Hall–Kier alpha value is -2.41. The first kappa shape index (κ1) is 16.4. The third-order valence-electron chi connectivity index (χ3n) is 4.04. The zero-order chi connectivity index (χ0) is 16.8. The van der Waals surface area contributed by atoms with Gasteiger partial charge in [-0.3, -0.25) is 9.59 Å². The average molecular weight is 344 g/mol. The molecule has 0 unspecified atom stereocenters. The van der Waals surface area contributed by atoms with Crippen LogP contribution in [0.1, 0.15) is 16.9 Å². The summed E-state index contributed by atoms with van der Waals surface area (Å²) >= 11 is 1.38. The van der Waals surface area contributed by atoms with Gasteiger partial charge in [0.2, 0.25) is 5.91 Å². The molecule has 0 saturated carbocycles. The van der Waals surface area contributed by atoms with Crippen molar-refractivity contribution in [3.8, 4) is 0 Å². The topological polar surface area (TPSA) is 65.5 Å². The number of carbonyl (C=O) groups is 2. The predicted molar refractivity (Wildman–Crippen MR) is 94.3 cm³/mol. The minimum Gasteiger partial charge on any atom is -0.368 e. The fourth-order valence-electron chi connectivity index (χ4n) is 2.71. The monoisotopic (exact) mass is 344 g/mol. The second-order valence-corrected chi connectivity index (χ2v) is 6.30. The van der Waals surface area contributed by atoms with Gasteiger partial charge in [0.25, 0.3) is 5.91 Å². The average Bonchev–Trinajstić information content (AvgIpc) is 3.17. The van der Waals surface area contributed by atoms with E-state index in [0.29, 0.717) is 31.7 Å². The van der Waals surface area contributed by atoms with Crippen molar-refractivity contribution < 1.29 is 9.59 Å². The van der Waals surface area contributed by atoms with Crippen molar-refractivity contribution in [2.45, 2.75) is 6.42 Å². The maximum absolute atomic E-state index is 12.3. The minimum absolute atomic E-state index is 0.0845. The molecule has 2 aromatic rings. The first-order valence-electron chi connectivity index (χ1n) is 7.98. The van der Waals surface area contributed by atoms with Crippen molar-refractivity contribution in [2.24, 2.45) is 0 Å². The van der Waals surface area contributed by atoms with Gasteiger partial charge in [0.05, 0.1) is 5.51 Å². The third kappa shape index (κ3) is 4.11. The van der Waals surface area contributed by atoms with Gasteiger partial charge >= 0.3 is 0 Å². The fourth-order valence-corrected chi connectivity index (χ4v) is 3.24. The lowest BCUT2D eigenvalue weighted by atomic mass is 10.2. The number of carbonyl (C=O) groups excluding carboxylic acids is 2. The number of anilines is 1. The summed E-state index contributed by atoms with van der Waals surface area (Å²) in [6.45, 7) is 3.44. The lowest BCUT2D eigenvalue weighted by molar-refractivity contribution is -0.131. The number of amides is 2. The number of rotatable bonds is 5. The van der Waals surface area contributed by atoms with Crippen LogP contribution in [0, 0.1) is 0 Å². The van der Waals surface area contributed by atoms with E-state index in [0.717, 1.165) is 13.1 Å². The summed E-state index contributed by atoms with van der Waals surface area (Å²) in [5.41, 5.74) is 3.22. The highest BCUT2D eigenvalue weighted by atomic mass is 32.1. The number of hydrogen-bond acceptors (Lipinski definition) is 5. The van der Waals surface area contributed by atoms with Crippen molar-refractivity contribution >= 4 is 28.8 Å². The summed E-state index contributed by atoms with van der Waals surface area (Å²) in [4.78, 5) is 32.1. The Labute approximate surface area is 145 Å². The van der Waals surface area contributed by atoms with E-state index < -0.39 is 0 Å². The standard InChI is InChI=1S/C17H20N4O2S/c22-16(6-7-18-17(23)15-12-24-13-19-15)21-10-8-20(9-11-21)14-4-2-1-3-5-14/h1-5,12-13H,6-11H2,(H,18,23). The number of aromatic nitrogens is 1. The molecule has 1 saturated heterocycles. The van der Waals surface area contributed by atoms with Crippen LogP contribution in [0.5, 0.6) is 0 Å². The zero-order valence-corrected chi connectivity index (χ0v) is 14.2. The Balaban J connectivity index is 1.40. The van der Waals surface area contributed by atoms with E-state index in [9.17, 15) is 9.59 Å². The largest absolute Gasteiger partial charge is 0.368 e. The summed E-state index contributed by atoms with van der Waals surface area (Å²) in [5, 5.41) is 4.43. The van der Waals surface area contributed by atoms with Crippen molar-refractivity contribution in [3.05, 3.63) is 46.9 Å². The summed E-state index contributed by atoms with van der Waals surface area (Å²) < 4.78 is 0. The van der Waals surface area contributed by atoms with Gasteiger partial charge in [0.15, 0.2) is 0 Å². The van der Waals surface area contributed by atoms with Crippen molar-refractivity contribution in [1.82, 2.24) is 15.2 Å². The molecule has 0 radical (unpaired) electrons. The van der Waals surface area contributed by atoms with Gasteiger partial charge in [0, 0.05) is 50.2 Å². The molecule has 1 N–H and O–H groups in total. The number of benzene rings is 1. The zero-order valence-electron chi connectivity index (χ0n) is 13.4. The lowest BCUT2D eigenvalue weighted by Crippen LogP contribution is -2.49. The first-order valence-corrected chi connectivity index (χ1v) is 8.92. The third-order valence-corrected chi connectivity index (χ3v) is 4.63. The van der Waals surface area contributed by atoms with Crippen LogP contribution in [0.25, 0.3) is 0 Å². The molecule has 0 aliphatic carbocycles. The highest BCUT2D eigenvalue weighted by molar-refractivity contribution is 7.07. The van der Waals surface area contributed by atoms with Crippen LogP contribution in [0.3, 0.4) is 0 Å². The van der Waals surface area contributed by atoms with E-state index in [2.05, 4.69) is 27.3 Å². The fraction of sp³-hybridized carbons (Fsp3) is 0.353. The molecule has 2 amide bonds. The van der Waals surface area contributed by atoms with Gasteiger partial charge in [-0.05, 0) is 12.1 Å². The van der Waals surface area contributed by atoms with Gasteiger partial charge < -0.3 is 15.1 Å². The van der Waals surface area contributed by atoms with Gasteiger partial charge in [0.1, 0.15) is 5.69 Å². The molecule has 126 valence electrons. The predicted octanol–water partition coefficient (Wildman–Crippen LogP) is 1.61. The van der Waals surface area contributed by atoms with Crippen LogP contribution in [0.4, 0.5) is 5.69 Å². The molecule has 1 aliphatic rings. The van der Waals surface area contributed by atoms with Crippen LogP contribution in [0.2, 0.25) is 0 Å². The molecule has 0 bridgehead atoms. The Morgan fingerprint density at radius 1 is 1.12 bits per heavy atom. The van der Waals surface area contributed by atoms with Crippen LogP contribution in [-0.2, 0) is 4.79 Å². The maximum atomic E-state index is 12.3. The van der Waals surface area contributed by atoms with Crippen LogP contribution in [-0.4, -0.2) is 54.4 Å². The second-order valence-electron chi connectivity index (χ2n) is 5.58. The molecule has 2 heterocycles. The number of thiazole rings is 1. The molecular formula is C17H20N4O2S. The molecule has 1 fully saturated rings. The van der Waals surface area contributed by atoms with E-state index in [-0.39, 0.29) is 11.8 Å². The summed E-state index contributed by atoms with van der Waals surface area (Å²) in [6.07, 6.45) is 0.321. The molecule has 7 heteroatoms. The lowest BCUT2D eigenvalue weighted by Gasteiger charge is -2.36. The Morgan fingerprint density at radius 3 is 2.54 bits per heavy atom. The van der Waals surface area contributed by atoms with Gasteiger partial charge in [-0.25, -0.2) is 4.98 Å². The van der Waals surface area contributed by atoms with Gasteiger partial charge in [-0.15, -0.1) is 11.3 Å². The highest BCUT2D eigenvalue weighted by Gasteiger charge is 2.21. The van der Waals surface area contributed by atoms with Crippen LogP contribution >= 0.6 is 11.3 Å². The number of piperazine rings is 1. The Bertz CT molecular complexity index is 667. The quantitative estimate of drug-likeness (QED) is 0.895. The van der Waals surface area contributed by atoms with Crippen LogP contribution in [0.15, 0.2) is 41.2 Å². The molecule has 24 heavy (non-hydrogen) atoms. The number of nitrogens with one attached hydrogen (secondary N) is 1. The maximum Gasteiger partial charge on any atom is 0.270 e. The second kappa shape index (κ2) is 7.92.